The van der Waals surface area contributed by atoms with Crippen LogP contribution in [0, 0.1) is 5.92 Å². The second-order valence-corrected chi connectivity index (χ2v) is 8.56. The number of hydrogen-bond acceptors (Lipinski definition) is 3. The van der Waals surface area contributed by atoms with Gasteiger partial charge in [0.15, 0.2) is 5.96 Å². The second-order valence-electron chi connectivity index (χ2n) is 8.56. The first-order valence-electron chi connectivity index (χ1n) is 11.2. The largest absolute Gasteiger partial charge is 0.401 e. The van der Waals surface area contributed by atoms with Crippen LogP contribution >= 0.6 is 0 Å². The number of guanidine groups is 1. The maximum absolute atomic E-state index is 12.7. The molecule has 1 heterocycles. The SMILES string of the molecule is CCN(CC1CCN(C(=NC)NCCC(C)N(C)Cc2ccccc2)C1)CC(F)(F)F. The van der Waals surface area contributed by atoms with Gasteiger partial charge in [0, 0.05) is 45.8 Å². The average Bonchev–Trinajstić information content (AvgIpc) is 3.18. The highest BCUT2D eigenvalue weighted by atomic mass is 19.4. The van der Waals surface area contributed by atoms with Crippen LogP contribution in [0.25, 0.3) is 0 Å². The predicted molar refractivity (Wildman–Crippen MR) is 121 cm³/mol. The van der Waals surface area contributed by atoms with Crippen molar-refractivity contribution in [2.24, 2.45) is 10.9 Å². The van der Waals surface area contributed by atoms with Crippen LogP contribution in [-0.4, -0.2) is 86.2 Å². The van der Waals surface area contributed by atoms with Gasteiger partial charge in [0.1, 0.15) is 0 Å². The summed E-state index contributed by atoms with van der Waals surface area (Å²) in [5, 5.41) is 3.44. The Kier molecular flexibility index (Phi) is 10.1. The van der Waals surface area contributed by atoms with Crippen molar-refractivity contribution in [1.29, 1.82) is 0 Å². The third kappa shape index (κ3) is 9.07. The van der Waals surface area contributed by atoms with Crippen molar-refractivity contribution in [2.75, 3.05) is 53.4 Å². The first-order chi connectivity index (χ1) is 14.7. The predicted octanol–water partition coefficient (Wildman–Crippen LogP) is 3.68. The van der Waals surface area contributed by atoms with E-state index < -0.39 is 12.7 Å². The van der Waals surface area contributed by atoms with Crippen molar-refractivity contribution in [1.82, 2.24) is 20.0 Å². The van der Waals surface area contributed by atoms with E-state index in [0.717, 1.165) is 45.0 Å². The Morgan fingerprint density at radius 2 is 2.00 bits per heavy atom. The summed E-state index contributed by atoms with van der Waals surface area (Å²) in [6, 6.07) is 10.8. The number of benzene rings is 1. The summed E-state index contributed by atoms with van der Waals surface area (Å²) in [6.45, 7) is 7.37. The van der Waals surface area contributed by atoms with Crippen molar-refractivity contribution < 1.29 is 13.2 Å². The Morgan fingerprint density at radius 3 is 2.61 bits per heavy atom. The maximum Gasteiger partial charge on any atom is 0.401 e. The van der Waals surface area contributed by atoms with Crippen molar-refractivity contribution in [2.45, 2.75) is 45.5 Å². The molecule has 1 aliphatic rings. The van der Waals surface area contributed by atoms with E-state index in [2.05, 4.69) is 58.3 Å². The van der Waals surface area contributed by atoms with E-state index in [-0.39, 0.29) is 5.92 Å². The molecule has 0 saturated carbocycles. The molecule has 2 atom stereocenters. The van der Waals surface area contributed by atoms with Crippen molar-refractivity contribution in [3.8, 4) is 0 Å². The van der Waals surface area contributed by atoms with Crippen LogP contribution in [0.2, 0.25) is 0 Å². The lowest BCUT2D eigenvalue weighted by molar-refractivity contribution is -0.146. The van der Waals surface area contributed by atoms with Gasteiger partial charge in [-0.05, 0) is 44.8 Å². The second kappa shape index (κ2) is 12.3. The highest BCUT2D eigenvalue weighted by Crippen LogP contribution is 2.21. The van der Waals surface area contributed by atoms with Crippen molar-refractivity contribution >= 4 is 5.96 Å². The summed E-state index contributed by atoms with van der Waals surface area (Å²) in [7, 11) is 3.90. The van der Waals surface area contributed by atoms with E-state index in [0.29, 0.717) is 19.1 Å². The van der Waals surface area contributed by atoms with Gasteiger partial charge in [-0.1, -0.05) is 37.3 Å². The molecule has 0 aromatic heterocycles. The summed E-state index contributed by atoms with van der Waals surface area (Å²) in [5.41, 5.74) is 1.30. The third-order valence-corrected chi connectivity index (χ3v) is 6.04. The molecule has 0 radical (unpaired) electrons. The maximum atomic E-state index is 12.7. The van der Waals surface area contributed by atoms with Crippen LogP contribution in [-0.2, 0) is 6.54 Å². The molecule has 0 spiro atoms. The van der Waals surface area contributed by atoms with Gasteiger partial charge in [0.2, 0.25) is 0 Å². The van der Waals surface area contributed by atoms with Gasteiger partial charge in [0.05, 0.1) is 6.54 Å². The quantitative estimate of drug-likeness (QED) is 0.444. The lowest BCUT2D eigenvalue weighted by atomic mass is 10.1. The lowest BCUT2D eigenvalue weighted by Crippen LogP contribution is -2.43. The number of likely N-dealkylation sites (tertiary alicyclic amines) is 1. The third-order valence-electron chi connectivity index (χ3n) is 6.04. The molecular weight excluding hydrogens is 403 g/mol. The Bertz CT molecular complexity index is 665. The minimum Gasteiger partial charge on any atom is -0.356 e. The van der Waals surface area contributed by atoms with Gasteiger partial charge >= 0.3 is 6.18 Å². The molecule has 176 valence electrons. The molecule has 0 aliphatic carbocycles. The molecule has 1 N–H and O–H groups in total. The summed E-state index contributed by atoms with van der Waals surface area (Å²) >= 11 is 0. The summed E-state index contributed by atoms with van der Waals surface area (Å²) < 4.78 is 38.2. The minimum absolute atomic E-state index is 0.233. The Balaban J connectivity index is 1.74. The number of alkyl halides is 3. The molecule has 2 rings (SSSR count). The molecule has 1 aromatic rings. The van der Waals surface area contributed by atoms with Crippen LogP contribution in [0.4, 0.5) is 13.2 Å². The lowest BCUT2D eigenvalue weighted by Gasteiger charge is -2.27. The van der Waals surface area contributed by atoms with Crippen LogP contribution in [0.1, 0.15) is 32.3 Å². The number of nitrogens with zero attached hydrogens (tertiary/aromatic N) is 4. The number of hydrogen-bond donors (Lipinski definition) is 1. The average molecular weight is 442 g/mol. The number of nitrogens with one attached hydrogen (secondary N) is 1. The molecule has 1 fully saturated rings. The fourth-order valence-electron chi connectivity index (χ4n) is 4.07. The highest BCUT2D eigenvalue weighted by molar-refractivity contribution is 5.80. The molecule has 1 aromatic carbocycles. The van der Waals surface area contributed by atoms with Crippen LogP contribution in [0.3, 0.4) is 0 Å². The molecule has 5 nitrogen and oxygen atoms in total. The number of rotatable bonds is 10. The number of halogens is 3. The zero-order valence-corrected chi connectivity index (χ0v) is 19.3. The van der Waals surface area contributed by atoms with Gasteiger partial charge in [-0.3, -0.25) is 14.8 Å². The topological polar surface area (TPSA) is 34.1 Å². The van der Waals surface area contributed by atoms with E-state index >= 15 is 0 Å². The van der Waals surface area contributed by atoms with Gasteiger partial charge in [0.25, 0.3) is 0 Å². The fraction of sp³-hybridized carbons (Fsp3) is 0.696. The van der Waals surface area contributed by atoms with E-state index in [1.165, 1.54) is 10.5 Å². The van der Waals surface area contributed by atoms with Crippen LogP contribution in [0.15, 0.2) is 35.3 Å². The standard InChI is InChI=1S/C23H38F3N5/c1-5-30(18-23(24,25)26)16-21-12-14-31(17-21)22(27-3)28-13-11-19(2)29(4)15-20-9-7-6-8-10-20/h6-10,19,21H,5,11-18H2,1-4H3,(H,27,28). The van der Waals surface area contributed by atoms with Gasteiger partial charge in [-0.2, -0.15) is 13.2 Å². The summed E-state index contributed by atoms with van der Waals surface area (Å²) in [4.78, 5) is 10.4. The van der Waals surface area contributed by atoms with E-state index in [1.54, 1.807) is 14.0 Å². The van der Waals surface area contributed by atoms with Gasteiger partial charge < -0.3 is 10.2 Å². The summed E-state index contributed by atoms with van der Waals surface area (Å²) in [6.07, 6.45) is -2.27. The molecule has 1 aliphatic heterocycles. The molecule has 0 amide bonds. The molecule has 31 heavy (non-hydrogen) atoms. The number of aliphatic imine (C=N–C) groups is 1. The van der Waals surface area contributed by atoms with Gasteiger partial charge in [-0.25, -0.2) is 0 Å². The normalized spacial score (nSPS) is 18.8. The van der Waals surface area contributed by atoms with Gasteiger partial charge in [-0.15, -0.1) is 0 Å². The molecule has 2 unspecified atom stereocenters. The first-order valence-corrected chi connectivity index (χ1v) is 11.2. The van der Waals surface area contributed by atoms with E-state index in [4.69, 9.17) is 0 Å². The summed E-state index contributed by atoms with van der Waals surface area (Å²) in [5.74, 6) is 1.08. The van der Waals surface area contributed by atoms with Crippen LogP contribution in [0.5, 0.6) is 0 Å². The van der Waals surface area contributed by atoms with E-state index in [9.17, 15) is 13.2 Å². The van der Waals surface area contributed by atoms with E-state index in [1.807, 2.05) is 6.07 Å². The minimum atomic E-state index is -4.14. The van der Waals surface area contributed by atoms with Crippen molar-refractivity contribution in [3.63, 3.8) is 0 Å². The zero-order chi connectivity index (χ0) is 22.9. The Labute approximate surface area is 185 Å². The fourth-order valence-corrected chi connectivity index (χ4v) is 4.07. The molecule has 0 bridgehead atoms. The monoisotopic (exact) mass is 441 g/mol. The molecular formula is C23H38F3N5. The highest BCUT2D eigenvalue weighted by Gasteiger charge is 2.33. The van der Waals surface area contributed by atoms with Crippen molar-refractivity contribution in [3.05, 3.63) is 35.9 Å². The Morgan fingerprint density at radius 1 is 1.29 bits per heavy atom. The Hall–Kier alpha value is -1.80. The zero-order valence-electron chi connectivity index (χ0n) is 19.3. The van der Waals surface area contributed by atoms with Crippen LogP contribution < -0.4 is 5.32 Å². The molecule has 1 saturated heterocycles. The smallest absolute Gasteiger partial charge is 0.356 e. The molecule has 8 heteroatoms. The first kappa shape index (κ1) is 25.5.